The van der Waals surface area contributed by atoms with Gasteiger partial charge in [0.15, 0.2) is 6.29 Å². The monoisotopic (exact) mass is 250 g/mol. The summed E-state index contributed by atoms with van der Waals surface area (Å²) in [5.41, 5.74) is 4.93. The van der Waals surface area contributed by atoms with Gasteiger partial charge in [-0.1, -0.05) is 0 Å². The molecule has 0 saturated carbocycles. The van der Waals surface area contributed by atoms with E-state index in [0.29, 0.717) is 6.29 Å². The van der Waals surface area contributed by atoms with Crippen molar-refractivity contribution >= 4 is 27.9 Å². The van der Waals surface area contributed by atoms with Gasteiger partial charge in [0, 0.05) is 6.20 Å². The van der Waals surface area contributed by atoms with Crippen LogP contribution in [0.15, 0.2) is 10.7 Å². The van der Waals surface area contributed by atoms with E-state index in [1.807, 2.05) is 0 Å². The minimum atomic E-state index is -2.66. The lowest BCUT2D eigenvalue weighted by Gasteiger charge is -2.06. The maximum absolute atomic E-state index is 12.2. The van der Waals surface area contributed by atoms with Crippen LogP contribution in [-0.2, 0) is 0 Å². The number of hydrogen-bond acceptors (Lipinski definition) is 3. The first kappa shape index (κ1) is 10.0. The third-order valence-corrected chi connectivity index (χ3v) is 2.34. The molecule has 0 aromatic carbocycles. The Hall–Kier alpha value is -1.04. The van der Waals surface area contributed by atoms with Gasteiger partial charge in [-0.2, -0.15) is 0 Å². The molecular weight excluding hydrogens is 246 g/mol. The summed E-state index contributed by atoms with van der Waals surface area (Å²) in [7, 11) is 0. The summed E-state index contributed by atoms with van der Waals surface area (Å²) in [4.78, 5) is 13.8. The number of nitrogens with two attached hydrogens (primary N) is 1. The molecule has 0 spiro atoms. The van der Waals surface area contributed by atoms with Gasteiger partial charge in [0.2, 0.25) is 0 Å². The topological polar surface area (TPSA) is 56.0 Å². The maximum atomic E-state index is 12.2. The summed E-state index contributed by atoms with van der Waals surface area (Å²) < 4.78 is 24.5. The van der Waals surface area contributed by atoms with Gasteiger partial charge in [-0.05, 0) is 15.9 Å². The zero-order chi connectivity index (χ0) is 10.0. The summed E-state index contributed by atoms with van der Waals surface area (Å²) in [6, 6.07) is 0. The van der Waals surface area contributed by atoms with Gasteiger partial charge in [-0.15, -0.1) is 0 Å². The van der Waals surface area contributed by atoms with E-state index in [-0.39, 0.29) is 21.4 Å². The van der Waals surface area contributed by atoms with Crippen LogP contribution in [0.5, 0.6) is 0 Å². The Balaban J connectivity index is 3.31. The fourth-order valence-corrected chi connectivity index (χ4v) is 1.26. The van der Waals surface area contributed by atoms with Crippen LogP contribution in [0.3, 0.4) is 0 Å². The molecule has 13 heavy (non-hydrogen) atoms. The standard InChI is InChI=1S/C7H5BrF2N2O/c8-5-3(7(9)10)1-12-4(2-13)6(5)11/h1-2,7H,11H2. The van der Waals surface area contributed by atoms with Crippen molar-refractivity contribution in [3.05, 3.63) is 21.9 Å². The SMILES string of the molecule is Nc1c(C=O)ncc(C(F)F)c1Br. The van der Waals surface area contributed by atoms with Crippen molar-refractivity contribution in [1.82, 2.24) is 4.98 Å². The Labute approximate surface area is 81.1 Å². The van der Waals surface area contributed by atoms with Crippen LogP contribution in [0.4, 0.5) is 14.5 Å². The summed E-state index contributed by atoms with van der Waals surface area (Å²) >= 11 is 2.87. The number of anilines is 1. The van der Waals surface area contributed by atoms with E-state index < -0.39 is 6.43 Å². The first-order valence-corrected chi connectivity index (χ1v) is 4.04. The second-order valence-corrected chi connectivity index (χ2v) is 3.04. The van der Waals surface area contributed by atoms with Gasteiger partial charge in [-0.25, -0.2) is 8.78 Å². The lowest BCUT2D eigenvalue weighted by atomic mass is 10.2. The van der Waals surface area contributed by atoms with Gasteiger partial charge < -0.3 is 5.73 Å². The number of hydrogen-bond donors (Lipinski definition) is 1. The van der Waals surface area contributed by atoms with Gasteiger partial charge >= 0.3 is 0 Å². The van der Waals surface area contributed by atoms with E-state index in [9.17, 15) is 13.6 Å². The smallest absolute Gasteiger partial charge is 0.266 e. The van der Waals surface area contributed by atoms with E-state index in [1.54, 1.807) is 0 Å². The Morgan fingerprint density at radius 3 is 2.69 bits per heavy atom. The lowest BCUT2D eigenvalue weighted by molar-refractivity contribution is 0.111. The first-order valence-electron chi connectivity index (χ1n) is 3.25. The Kier molecular flexibility index (Phi) is 2.92. The van der Waals surface area contributed by atoms with Crippen molar-refractivity contribution in [2.75, 3.05) is 5.73 Å². The number of carbonyl (C=O) groups is 1. The molecule has 0 aliphatic heterocycles. The van der Waals surface area contributed by atoms with Crippen LogP contribution < -0.4 is 5.73 Å². The quantitative estimate of drug-likeness (QED) is 0.819. The molecule has 0 radical (unpaired) electrons. The largest absolute Gasteiger partial charge is 0.396 e. The van der Waals surface area contributed by atoms with Crippen LogP contribution in [0.1, 0.15) is 22.5 Å². The van der Waals surface area contributed by atoms with Crippen LogP contribution >= 0.6 is 15.9 Å². The lowest BCUT2D eigenvalue weighted by Crippen LogP contribution is -2.01. The molecular formula is C7H5BrF2N2O. The molecule has 1 rings (SSSR count). The number of alkyl halides is 2. The third kappa shape index (κ3) is 1.82. The van der Waals surface area contributed by atoms with Gasteiger partial charge in [0.05, 0.1) is 15.7 Å². The second kappa shape index (κ2) is 3.78. The van der Waals surface area contributed by atoms with Crippen LogP contribution in [-0.4, -0.2) is 11.3 Å². The van der Waals surface area contributed by atoms with Crippen molar-refractivity contribution in [3.8, 4) is 0 Å². The van der Waals surface area contributed by atoms with Crippen LogP contribution in [0.2, 0.25) is 0 Å². The van der Waals surface area contributed by atoms with Crippen molar-refractivity contribution < 1.29 is 13.6 Å². The molecule has 70 valence electrons. The number of rotatable bonds is 2. The molecule has 0 saturated heterocycles. The average molecular weight is 251 g/mol. The minimum Gasteiger partial charge on any atom is -0.396 e. The maximum Gasteiger partial charge on any atom is 0.266 e. The van der Waals surface area contributed by atoms with Crippen molar-refractivity contribution in [3.63, 3.8) is 0 Å². The Morgan fingerprint density at radius 2 is 2.23 bits per heavy atom. The molecule has 0 fully saturated rings. The van der Waals surface area contributed by atoms with E-state index >= 15 is 0 Å². The zero-order valence-electron chi connectivity index (χ0n) is 6.30. The predicted octanol–water partition coefficient (Wildman–Crippen LogP) is 2.18. The molecule has 0 atom stereocenters. The predicted molar refractivity (Wildman–Crippen MR) is 46.7 cm³/mol. The van der Waals surface area contributed by atoms with Gasteiger partial charge in [0.1, 0.15) is 5.69 Å². The molecule has 2 N–H and O–H groups in total. The van der Waals surface area contributed by atoms with Crippen LogP contribution in [0, 0.1) is 0 Å². The highest BCUT2D eigenvalue weighted by molar-refractivity contribution is 9.10. The molecule has 0 amide bonds. The van der Waals surface area contributed by atoms with E-state index in [4.69, 9.17) is 5.73 Å². The molecule has 6 heteroatoms. The summed E-state index contributed by atoms with van der Waals surface area (Å²) in [6.45, 7) is 0. The minimum absolute atomic E-state index is 0.0274. The summed E-state index contributed by atoms with van der Waals surface area (Å²) in [5, 5.41) is 0. The third-order valence-electron chi connectivity index (χ3n) is 1.46. The number of nitrogen functional groups attached to an aromatic ring is 1. The molecule has 0 unspecified atom stereocenters. The number of carbonyl (C=O) groups excluding carboxylic acids is 1. The highest BCUT2D eigenvalue weighted by Gasteiger charge is 2.16. The normalized spacial score (nSPS) is 10.5. The van der Waals surface area contributed by atoms with Crippen molar-refractivity contribution in [2.45, 2.75) is 6.43 Å². The second-order valence-electron chi connectivity index (χ2n) is 2.24. The number of nitrogens with zero attached hydrogens (tertiary/aromatic N) is 1. The van der Waals surface area contributed by atoms with E-state index in [0.717, 1.165) is 6.20 Å². The fraction of sp³-hybridized carbons (Fsp3) is 0.143. The number of aldehydes is 1. The number of halogens is 3. The van der Waals surface area contributed by atoms with Crippen molar-refractivity contribution in [2.24, 2.45) is 0 Å². The zero-order valence-corrected chi connectivity index (χ0v) is 7.88. The number of pyridine rings is 1. The molecule has 0 bridgehead atoms. The molecule has 1 aromatic rings. The molecule has 3 nitrogen and oxygen atoms in total. The van der Waals surface area contributed by atoms with E-state index in [1.165, 1.54) is 0 Å². The molecule has 0 aliphatic carbocycles. The van der Waals surface area contributed by atoms with Crippen molar-refractivity contribution in [1.29, 1.82) is 0 Å². The highest BCUT2D eigenvalue weighted by Crippen LogP contribution is 2.31. The Morgan fingerprint density at radius 1 is 1.62 bits per heavy atom. The Bertz CT molecular complexity index is 344. The fourth-order valence-electron chi connectivity index (χ4n) is 0.779. The van der Waals surface area contributed by atoms with E-state index in [2.05, 4.69) is 20.9 Å². The highest BCUT2D eigenvalue weighted by atomic mass is 79.9. The summed E-state index contributed by atoms with van der Waals surface area (Å²) in [6.07, 6.45) is -1.32. The van der Waals surface area contributed by atoms with Crippen LogP contribution in [0.25, 0.3) is 0 Å². The van der Waals surface area contributed by atoms with Gasteiger partial charge in [0.25, 0.3) is 6.43 Å². The molecule has 1 aromatic heterocycles. The first-order chi connectivity index (χ1) is 6.07. The van der Waals surface area contributed by atoms with Gasteiger partial charge in [-0.3, -0.25) is 9.78 Å². The summed E-state index contributed by atoms with van der Waals surface area (Å²) in [5.74, 6) is 0. The average Bonchev–Trinajstić information content (AvgIpc) is 2.09. The molecule has 1 heterocycles. The molecule has 0 aliphatic rings. The number of aromatic nitrogens is 1.